The maximum absolute atomic E-state index is 2.56. The minimum atomic E-state index is -0.532. The zero-order valence-electron chi connectivity index (χ0n) is 34.6. The molecular formula is C62H41N. The molecule has 0 unspecified atom stereocenters. The lowest BCUT2D eigenvalue weighted by Crippen LogP contribution is -2.28. The van der Waals surface area contributed by atoms with Crippen LogP contribution in [-0.2, 0) is 10.8 Å². The molecule has 1 nitrogen and oxygen atoms in total. The smallest absolute Gasteiger partial charge is 0.0726 e. The number of anilines is 3. The lowest BCUT2D eigenvalue weighted by Gasteiger charge is -2.35. The minimum Gasteiger partial charge on any atom is -0.309 e. The fourth-order valence-corrected chi connectivity index (χ4v) is 11.8. The van der Waals surface area contributed by atoms with Crippen molar-refractivity contribution in [2.24, 2.45) is 0 Å². The quantitative estimate of drug-likeness (QED) is 0.162. The molecule has 10 aromatic rings. The van der Waals surface area contributed by atoms with Crippen LogP contribution in [0.2, 0.25) is 0 Å². The van der Waals surface area contributed by atoms with E-state index < -0.39 is 10.8 Å². The number of hydrogen-bond donors (Lipinski definition) is 0. The molecule has 0 saturated heterocycles. The highest BCUT2D eigenvalue weighted by Crippen LogP contribution is 2.64. The summed E-state index contributed by atoms with van der Waals surface area (Å²) in [5.41, 5.74) is 22.9. The molecule has 0 N–H and O–H groups in total. The normalized spacial score (nSPS) is 14.0. The lowest BCUT2D eigenvalue weighted by molar-refractivity contribution is 0.768. The Labute approximate surface area is 368 Å². The molecule has 63 heavy (non-hydrogen) atoms. The summed E-state index contributed by atoms with van der Waals surface area (Å²) < 4.78 is 0. The third-order valence-corrected chi connectivity index (χ3v) is 14.2. The highest BCUT2D eigenvalue weighted by atomic mass is 15.1. The summed E-state index contributed by atoms with van der Waals surface area (Å²) in [7, 11) is 0. The standard InChI is InChI=1S/C62H41N/c1-4-21-42(22-5-1)46-27-14-19-37-58(46)63(59-38-20-36-56-60(59)51-31-13-18-35-55(51)61(56,43-23-6-2-7-24-43)44-25-8-3-9-26-44)45-39-40-50-49-30-12-17-34-54(49)62(57(50)41-45)52-32-15-10-28-47(52)48-29-11-16-33-53(48)62/h1-41H. The summed E-state index contributed by atoms with van der Waals surface area (Å²) in [6, 6.07) is 92.7. The number of benzene rings is 10. The predicted octanol–water partition coefficient (Wildman–Crippen LogP) is 15.5. The minimum absolute atomic E-state index is 0.471. The summed E-state index contributed by atoms with van der Waals surface area (Å²) in [6.07, 6.45) is 0. The number of para-hydroxylation sites is 1. The molecular weight excluding hydrogens is 759 g/mol. The van der Waals surface area contributed by atoms with Gasteiger partial charge in [-0.1, -0.05) is 224 Å². The van der Waals surface area contributed by atoms with E-state index in [1.165, 1.54) is 89.0 Å². The lowest BCUT2D eigenvalue weighted by atomic mass is 9.68. The number of nitrogens with zero attached hydrogens (tertiary/aromatic N) is 1. The van der Waals surface area contributed by atoms with E-state index in [1.54, 1.807) is 0 Å². The van der Waals surface area contributed by atoms with Crippen molar-refractivity contribution in [3.8, 4) is 44.5 Å². The van der Waals surface area contributed by atoms with Crippen LogP contribution in [0.1, 0.15) is 44.5 Å². The molecule has 0 radical (unpaired) electrons. The van der Waals surface area contributed by atoms with Gasteiger partial charge in [-0.2, -0.15) is 0 Å². The van der Waals surface area contributed by atoms with Gasteiger partial charge in [-0.25, -0.2) is 0 Å². The highest BCUT2D eigenvalue weighted by Gasteiger charge is 2.52. The first kappa shape index (κ1) is 35.7. The summed E-state index contributed by atoms with van der Waals surface area (Å²) in [6.45, 7) is 0. The molecule has 294 valence electrons. The van der Waals surface area contributed by atoms with E-state index in [-0.39, 0.29) is 0 Å². The number of fused-ring (bicyclic) bond motifs is 13. The fourth-order valence-electron chi connectivity index (χ4n) is 11.8. The SMILES string of the molecule is c1ccc(-c2ccccc2N(c2ccc3c(c2)C2(c4ccccc4-c4ccccc42)c2ccccc2-3)c2cccc3c2-c2ccccc2C3(c2ccccc2)c2ccccc2)cc1. The van der Waals surface area contributed by atoms with Crippen LogP contribution in [0, 0.1) is 0 Å². The Kier molecular flexibility index (Phi) is 7.80. The van der Waals surface area contributed by atoms with E-state index in [0.29, 0.717) is 0 Å². The molecule has 1 spiro atoms. The Morgan fingerprint density at radius 3 is 1.24 bits per heavy atom. The van der Waals surface area contributed by atoms with E-state index >= 15 is 0 Å². The van der Waals surface area contributed by atoms with Gasteiger partial charge in [-0.05, 0) is 102 Å². The van der Waals surface area contributed by atoms with E-state index in [9.17, 15) is 0 Å². The Morgan fingerprint density at radius 2 is 0.667 bits per heavy atom. The summed E-state index contributed by atoms with van der Waals surface area (Å²) >= 11 is 0. The largest absolute Gasteiger partial charge is 0.309 e. The maximum Gasteiger partial charge on any atom is 0.0726 e. The van der Waals surface area contributed by atoms with Crippen LogP contribution in [0.15, 0.2) is 249 Å². The average Bonchev–Trinajstić information content (AvgIpc) is 3.96. The van der Waals surface area contributed by atoms with Gasteiger partial charge in [-0.3, -0.25) is 0 Å². The van der Waals surface area contributed by atoms with E-state index in [2.05, 4.69) is 254 Å². The van der Waals surface area contributed by atoms with Crippen LogP contribution >= 0.6 is 0 Å². The zero-order chi connectivity index (χ0) is 41.5. The van der Waals surface area contributed by atoms with Crippen molar-refractivity contribution in [1.29, 1.82) is 0 Å². The van der Waals surface area contributed by atoms with E-state index in [4.69, 9.17) is 0 Å². The molecule has 10 aromatic carbocycles. The molecule has 0 fully saturated rings. The molecule has 3 aliphatic carbocycles. The van der Waals surface area contributed by atoms with Crippen LogP contribution in [0.4, 0.5) is 17.1 Å². The Hall–Kier alpha value is -8.00. The van der Waals surface area contributed by atoms with Crippen molar-refractivity contribution >= 4 is 17.1 Å². The van der Waals surface area contributed by atoms with E-state index in [1.807, 2.05) is 0 Å². The topological polar surface area (TPSA) is 3.24 Å². The Balaban J connectivity index is 1.14. The molecule has 3 aliphatic rings. The summed E-state index contributed by atoms with van der Waals surface area (Å²) in [5.74, 6) is 0. The fraction of sp³-hybridized carbons (Fsp3) is 0.0323. The van der Waals surface area contributed by atoms with Crippen molar-refractivity contribution in [1.82, 2.24) is 0 Å². The Morgan fingerprint density at radius 1 is 0.254 bits per heavy atom. The molecule has 0 aliphatic heterocycles. The third kappa shape index (κ3) is 4.82. The van der Waals surface area contributed by atoms with Crippen molar-refractivity contribution < 1.29 is 0 Å². The van der Waals surface area contributed by atoms with Crippen LogP contribution in [0.5, 0.6) is 0 Å². The van der Waals surface area contributed by atoms with Crippen molar-refractivity contribution in [3.63, 3.8) is 0 Å². The van der Waals surface area contributed by atoms with Crippen LogP contribution in [0.3, 0.4) is 0 Å². The molecule has 0 bridgehead atoms. The second kappa shape index (κ2) is 13.8. The molecule has 0 heterocycles. The van der Waals surface area contributed by atoms with Gasteiger partial charge in [0.1, 0.15) is 0 Å². The monoisotopic (exact) mass is 799 g/mol. The van der Waals surface area contributed by atoms with Crippen molar-refractivity contribution in [2.45, 2.75) is 10.8 Å². The second-order valence-corrected chi connectivity index (χ2v) is 17.1. The molecule has 0 aromatic heterocycles. The van der Waals surface area contributed by atoms with Crippen molar-refractivity contribution in [3.05, 3.63) is 293 Å². The average molecular weight is 800 g/mol. The zero-order valence-corrected chi connectivity index (χ0v) is 34.6. The first-order valence-corrected chi connectivity index (χ1v) is 22.0. The van der Waals surface area contributed by atoms with Crippen molar-refractivity contribution in [2.75, 3.05) is 4.90 Å². The van der Waals surface area contributed by atoms with Gasteiger partial charge < -0.3 is 4.90 Å². The predicted molar refractivity (Wildman–Crippen MR) is 260 cm³/mol. The first-order chi connectivity index (χ1) is 31.3. The van der Waals surface area contributed by atoms with Gasteiger partial charge in [-0.15, -0.1) is 0 Å². The van der Waals surface area contributed by atoms with Gasteiger partial charge in [0.25, 0.3) is 0 Å². The van der Waals surface area contributed by atoms with Crippen LogP contribution in [0.25, 0.3) is 44.5 Å². The van der Waals surface area contributed by atoms with Gasteiger partial charge >= 0.3 is 0 Å². The molecule has 1 heteroatoms. The van der Waals surface area contributed by atoms with Gasteiger partial charge in [0.2, 0.25) is 0 Å². The molecule has 0 atom stereocenters. The van der Waals surface area contributed by atoms with Gasteiger partial charge in [0.15, 0.2) is 0 Å². The number of hydrogen-bond acceptors (Lipinski definition) is 1. The van der Waals surface area contributed by atoms with Gasteiger partial charge in [0, 0.05) is 16.8 Å². The van der Waals surface area contributed by atoms with Crippen LogP contribution in [-0.4, -0.2) is 0 Å². The first-order valence-electron chi connectivity index (χ1n) is 22.0. The maximum atomic E-state index is 2.56. The van der Waals surface area contributed by atoms with Gasteiger partial charge in [0.05, 0.1) is 22.2 Å². The molecule has 13 rings (SSSR count). The van der Waals surface area contributed by atoms with E-state index in [0.717, 1.165) is 17.1 Å². The highest BCUT2D eigenvalue weighted by molar-refractivity contribution is 6.01. The van der Waals surface area contributed by atoms with Crippen LogP contribution < -0.4 is 4.90 Å². The summed E-state index contributed by atoms with van der Waals surface area (Å²) in [5, 5.41) is 0. The summed E-state index contributed by atoms with van der Waals surface area (Å²) in [4.78, 5) is 2.56. The number of rotatable bonds is 6. The molecule has 0 amide bonds. The third-order valence-electron chi connectivity index (χ3n) is 14.2. The second-order valence-electron chi connectivity index (χ2n) is 17.1. The Bertz CT molecular complexity index is 3300. The molecule has 0 saturated carbocycles.